The Balaban J connectivity index is 1.63. The lowest BCUT2D eigenvalue weighted by Gasteiger charge is -2.62. The lowest BCUT2D eigenvalue weighted by Crippen LogP contribution is -2.81. The van der Waals surface area contributed by atoms with E-state index in [4.69, 9.17) is 0 Å². The van der Waals surface area contributed by atoms with Gasteiger partial charge in [0, 0.05) is 39.3 Å². The fourth-order valence-corrected chi connectivity index (χ4v) is 5.60. The van der Waals surface area contributed by atoms with Gasteiger partial charge >= 0.3 is 0 Å². The van der Waals surface area contributed by atoms with Gasteiger partial charge in [0.2, 0.25) is 6.17 Å². The van der Waals surface area contributed by atoms with E-state index in [1.54, 1.807) is 0 Å². The zero-order valence-electron chi connectivity index (χ0n) is 13.3. The molecule has 4 nitrogen and oxygen atoms in total. The van der Waals surface area contributed by atoms with Gasteiger partial charge < -0.3 is 0 Å². The first kappa shape index (κ1) is 13.5. The lowest BCUT2D eigenvalue weighted by molar-refractivity contribution is -1.14. The third-order valence-corrected chi connectivity index (χ3v) is 6.98. The van der Waals surface area contributed by atoms with E-state index in [1.807, 2.05) is 0 Å². The van der Waals surface area contributed by atoms with Crippen molar-refractivity contribution in [1.82, 2.24) is 9.80 Å². The van der Waals surface area contributed by atoms with Gasteiger partial charge in [-0.2, -0.15) is 0 Å². The summed E-state index contributed by atoms with van der Waals surface area (Å²) in [7, 11) is 0. The van der Waals surface area contributed by atoms with Crippen LogP contribution in [-0.4, -0.2) is 103 Å². The van der Waals surface area contributed by atoms with Crippen LogP contribution in [0.25, 0.3) is 0 Å². The molecule has 0 unspecified atom stereocenters. The minimum absolute atomic E-state index is 0.921. The molecule has 0 aromatic rings. The Kier molecular flexibility index (Phi) is 3.33. The summed E-state index contributed by atoms with van der Waals surface area (Å²) in [4.78, 5) is 5.38. The van der Waals surface area contributed by atoms with Crippen LogP contribution in [0.1, 0.15) is 19.8 Å². The highest BCUT2D eigenvalue weighted by molar-refractivity contribution is 4.77. The topological polar surface area (TPSA) is 6.48 Å². The molecule has 0 radical (unpaired) electrons. The molecule has 0 saturated carbocycles. The molecule has 114 valence electrons. The quantitative estimate of drug-likeness (QED) is 0.688. The third-order valence-electron chi connectivity index (χ3n) is 6.98. The summed E-state index contributed by atoms with van der Waals surface area (Å²) in [6, 6.07) is 0. The SMILES string of the molecule is CCCC([N+]12CCN(CC1)CC2)[N+]12CCN(CC1)CC2. The van der Waals surface area contributed by atoms with Crippen molar-refractivity contribution in [3.63, 3.8) is 0 Å². The van der Waals surface area contributed by atoms with Crippen LogP contribution in [-0.2, 0) is 0 Å². The molecule has 0 atom stereocenters. The number of quaternary nitrogens is 2. The summed E-state index contributed by atoms with van der Waals surface area (Å²) in [5.41, 5.74) is 0. The second kappa shape index (κ2) is 4.94. The van der Waals surface area contributed by atoms with Gasteiger partial charge in [0.1, 0.15) is 0 Å². The molecule has 6 aliphatic rings. The van der Waals surface area contributed by atoms with Crippen molar-refractivity contribution in [3.05, 3.63) is 0 Å². The van der Waals surface area contributed by atoms with Gasteiger partial charge in [0.15, 0.2) is 0 Å². The molecule has 0 aromatic heterocycles. The van der Waals surface area contributed by atoms with Crippen molar-refractivity contribution >= 4 is 0 Å². The molecule has 0 amide bonds. The van der Waals surface area contributed by atoms with Crippen LogP contribution < -0.4 is 0 Å². The molecule has 20 heavy (non-hydrogen) atoms. The Morgan fingerprint density at radius 2 is 1.05 bits per heavy atom. The van der Waals surface area contributed by atoms with E-state index in [-0.39, 0.29) is 0 Å². The molecule has 6 saturated heterocycles. The average Bonchev–Trinajstić information content (AvgIpc) is 2.56. The first-order valence-electron chi connectivity index (χ1n) is 8.93. The summed E-state index contributed by atoms with van der Waals surface area (Å²) < 4.78 is 2.95. The van der Waals surface area contributed by atoms with Gasteiger partial charge in [-0.25, -0.2) is 0 Å². The summed E-state index contributed by atoms with van der Waals surface area (Å²) in [5.74, 6) is 0. The van der Waals surface area contributed by atoms with Gasteiger partial charge in [0.25, 0.3) is 0 Å². The van der Waals surface area contributed by atoms with Crippen LogP contribution in [0.3, 0.4) is 0 Å². The van der Waals surface area contributed by atoms with Crippen LogP contribution in [0, 0.1) is 0 Å². The van der Waals surface area contributed by atoms with Crippen molar-refractivity contribution in [2.24, 2.45) is 0 Å². The predicted octanol–water partition coefficient (Wildman–Crippen LogP) is 0.405. The number of rotatable bonds is 4. The lowest BCUT2D eigenvalue weighted by atomic mass is 10.00. The summed E-state index contributed by atoms with van der Waals surface area (Å²) in [6.07, 6.45) is 3.75. The Bertz CT molecular complexity index is 294. The number of fused-ring (bicyclic) bond motifs is 6. The first-order valence-corrected chi connectivity index (χ1v) is 8.93. The van der Waals surface area contributed by atoms with Crippen molar-refractivity contribution in [3.8, 4) is 0 Å². The molecule has 6 aliphatic heterocycles. The Morgan fingerprint density at radius 3 is 1.35 bits per heavy atom. The van der Waals surface area contributed by atoms with Gasteiger partial charge in [0.05, 0.1) is 45.7 Å². The number of hydrogen-bond donors (Lipinski definition) is 0. The monoisotopic (exact) mass is 280 g/mol. The van der Waals surface area contributed by atoms with Crippen molar-refractivity contribution in [2.75, 3.05) is 78.5 Å². The van der Waals surface area contributed by atoms with Crippen LogP contribution in [0.15, 0.2) is 0 Å². The number of hydrogen-bond acceptors (Lipinski definition) is 2. The molecular weight excluding hydrogens is 248 g/mol. The molecule has 6 heterocycles. The van der Waals surface area contributed by atoms with E-state index in [2.05, 4.69) is 16.7 Å². The summed E-state index contributed by atoms with van der Waals surface area (Å²) >= 11 is 0. The summed E-state index contributed by atoms with van der Waals surface area (Å²) in [6.45, 7) is 19.2. The normalized spacial score (nSPS) is 48.5. The van der Waals surface area contributed by atoms with Crippen LogP contribution in [0.4, 0.5) is 0 Å². The molecule has 6 fully saturated rings. The Labute approximate surface area is 124 Å². The van der Waals surface area contributed by atoms with Crippen LogP contribution in [0.5, 0.6) is 0 Å². The van der Waals surface area contributed by atoms with Gasteiger partial charge in [-0.15, -0.1) is 0 Å². The van der Waals surface area contributed by atoms with Gasteiger partial charge in [-0.1, -0.05) is 6.92 Å². The van der Waals surface area contributed by atoms with E-state index in [9.17, 15) is 0 Å². The predicted molar refractivity (Wildman–Crippen MR) is 81.3 cm³/mol. The average molecular weight is 280 g/mol. The van der Waals surface area contributed by atoms with E-state index in [0.29, 0.717) is 0 Å². The van der Waals surface area contributed by atoms with E-state index in [0.717, 1.165) is 6.17 Å². The highest BCUT2D eigenvalue weighted by Crippen LogP contribution is 2.35. The second-order valence-electron chi connectivity index (χ2n) is 7.73. The largest absolute Gasteiger partial charge is 0.287 e. The fraction of sp³-hybridized carbons (Fsp3) is 1.00. The van der Waals surface area contributed by atoms with E-state index in [1.165, 1.54) is 100 Å². The smallest absolute Gasteiger partial charge is 0.216 e. The number of nitrogens with zero attached hydrogens (tertiary/aromatic N) is 4. The second-order valence-corrected chi connectivity index (χ2v) is 7.73. The molecule has 0 aliphatic carbocycles. The maximum absolute atomic E-state index is 2.69. The molecule has 0 N–H and O–H groups in total. The maximum Gasteiger partial charge on any atom is 0.216 e. The first-order chi connectivity index (χ1) is 9.76. The number of piperazine rings is 6. The third kappa shape index (κ3) is 1.96. The Hall–Kier alpha value is -0.160. The minimum Gasteiger partial charge on any atom is -0.287 e. The van der Waals surface area contributed by atoms with Crippen molar-refractivity contribution in [2.45, 2.75) is 25.9 Å². The molecular formula is C16H32N4+2. The van der Waals surface area contributed by atoms with Crippen molar-refractivity contribution < 1.29 is 8.97 Å². The molecule has 4 bridgehead atoms. The van der Waals surface area contributed by atoms with Gasteiger partial charge in [-0.05, 0) is 6.42 Å². The van der Waals surface area contributed by atoms with Gasteiger partial charge in [-0.3, -0.25) is 18.8 Å². The Morgan fingerprint density at radius 1 is 0.700 bits per heavy atom. The molecule has 6 rings (SSSR count). The highest BCUT2D eigenvalue weighted by atomic mass is 15.6. The zero-order valence-corrected chi connectivity index (χ0v) is 13.3. The highest BCUT2D eigenvalue weighted by Gasteiger charge is 2.55. The van der Waals surface area contributed by atoms with E-state index >= 15 is 0 Å². The maximum atomic E-state index is 2.69. The standard InChI is InChI=1S/C16H32N4/c1-2-3-16(19-10-4-17(5-11-19)6-12-19)20-13-7-18(8-14-20)9-15-20/h16H,2-15H2,1H3/q+2. The van der Waals surface area contributed by atoms with E-state index < -0.39 is 0 Å². The summed E-state index contributed by atoms with van der Waals surface area (Å²) in [5, 5.41) is 0. The molecule has 0 aromatic carbocycles. The fourth-order valence-electron chi connectivity index (χ4n) is 5.60. The zero-order chi connectivity index (χ0) is 13.6. The van der Waals surface area contributed by atoms with Crippen molar-refractivity contribution in [1.29, 1.82) is 0 Å². The minimum atomic E-state index is 0.921. The molecule has 4 heteroatoms. The van der Waals surface area contributed by atoms with Crippen LogP contribution >= 0.6 is 0 Å². The molecule has 0 spiro atoms. The van der Waals surface area contributed by atoms with Crippen LogP contribution in [0.2, 0.25) is 0 Å².